The zero-order valence-electron chi connectivity index (χ0n) is 17.8. The van der Waals surface area contributed by atoms with Crippen LogP contribution in [0.25, 0.3) is 32.7 Å². The van der Waals surface area contributed by atoms with Crippen LogP contribution in [-0.4, -0.2) is 19.1 Å². The number of nitrogens with two attached hydrogens (primary N) is 1. The Morgan fingerprint density at radius 1 is 0.727 bits per heavy atom. The van der Waals surface area contributed by atoms with Gasteiger partial charge >= 0.3 is 5.56 Å². The highest BCUT2D eigenvalue weighted by molar-refractivity contribution is 5.84. The van der Waals surface area contributed by atoms with E-state index in [1.54, 1.807) is 10.9 Å². The van der Waals surface area contributed by atoms with Crippen molar-refractivity contribution in [1.29, 1.82) is 0 Å². The van der Waals surface area contributed by atoms with E-state index in [1.165, 1.54) is 10.8 Å². The van der Waals surface area contributed by atoms with Crippen LogP contribution in [0.1, 0.15) is 11.1 Å². The summed E-state index contributed by atoms with van der Waals surface area (Å²) in [6.07, 6.45) is 1.69. The molecule has 0 spiro atoms. The molecule has 2 heterocycles. The van der Waals surface area contributed by atoms with E-state index in [2.05, 4.69) is 70.6 Å². The molecule has 0 amide bonds. The number of imidazole rings is 1. The van der Waals surface area contributed by atoms with Crippen molar-refractivity contribution in [3.8, 4) is 0 Å². The number of nitrogen functional groups attached to an aromatic ring is 1. The van der Waals surface area contributed by atoms with Gasteiger partial charge in [-0.15, -0.1) is 0 Å². The second-order valence-electron chi connectivity index (χ2n) is 8.27. The predicted octanol–water partition coefficient (Wildman–Crippen LogP) is 4.58. The van der Waals surface area contributed by atoms with Gasteiger partial charge in [0.15, 0.2) is 11.2 Å². The Kier molecular flexibility index (Phi) is 4.43. The molecule has 6 rings (SSSR count). The summed E-state index contributed by atoms with van der Waals surface area (Å²) < 4.78 is 3.66. The van der Waals surface area contributed by atoms with E-state index in [0.717, 1.165) is 21.9 Å². The minimum atomic E-state index is -0.365. The van der Waals surface area contributed by atoms with E-state index in [-0.39, 0.29) is 11.5 Å². The first-order valence-corrected chi connectivity index (χ1v) is 10.8. The third-order valence-corrected chi connectivity index (χ3v) is 6.09. The lowest BCUT2D eigenvalue weighted by molar-refractivity contribution is 0.798. The van der Waals surface area contributed by atoms with Crippen molar-refractivity contribution in [1.82, 2.24) is 19.1 Å². The maximum Gasteiger partial charge on any atom is 0.300 e. The predicted molar refractivity (Wildman–Crippen MR) is 132 cm³/mol. The molecule has 6 nitrogen and oxygen atoms in total. The minimum absolute atomic E-state index is 0.164. The molecule has 0 atom stereocenters. The van der Waals surface area contributed by atoms with Crippen molar-refractivity contribution < 1.29 is 0 Å². The molecule has 0 saturated heterocycles. The lowest BCUT2D eigenvalue weighted by atomic mass is 10.1. The largest absolute Gasteiger partial charge is 0.369 e. The number of fused-ring (bicyclic) bond motifs is 3. The highest BCUT2D eigenvalue weighted by Gasteiger charge is 2.15. The fourth-order valence-corrected chi connectivity index (χ4v) is 4.44. The Labute approximate surface area is 189 Å². The van der Waals surface area contributed by atoms with E-state index in [0.29, 0.717) is 24.3 Å². The molecule has 0 fully saturated rings. The molecule has 0 aliphatic carbocycles. The van der Waals surface area contributed by atoms with E-state index in [4.69, 9.17) is 5.73 Å². The molecule has 4 aromatic carbocycles. The summed E-state index contributed by atoms with van der Waals surface area (Å²) in [7, 11) is 0. The van der Waals surface area contributed by atoms with Crippen LogP contribution in [0, 0.1) is 0 Å². The van der Waals surface area contributed by atoms with Crippen LogP contribution in [0.2, 0.25) is 0 Å². The van der Waals surface area contributed by atoms with Gasteiger partial charge < -0.3 is 10.3 Å². The lowest BCUT2D eigenvalue weighted by Crippen LogP contribution is -2.20. The van der Waals surface area contributed by atoms with Gasteiger partial charge in [-0.1, -0.05) is 72.8 Å². The Bertz CT molecular complexity index is 1710. The van der Waals surface area contributed by atoms with Crippen LogP contribution in [-0.2, 0) is 13.1 Å². The van der Waals surface area contributed by atoms with Gasteiger partial charge in [0.25, 0.3) is 0 Å². The highest BCUT2D eigenvalue weighted by Crippen LogP contribution is 2.21. The number of nitrogens with zero attached hydrogens (tertiary/aromatic N) is 4. The van der Waals surface area contributed by atoms with E-state index < -0.39 is 0 Å². The average molecular weight is 431 g/mol. The minimum Gasteiger partial charge on any atom is -0.369 e. The van der Waals surface area contributed by atoms with E-state index in [9.17, 15) is 4.79 Å². The van der Waals surface area contributed by atoms with Crippen LogP contribution in [0.5, 0.6) is 0 Å². The molecule has 0 aliphatic heterocycles. The molecule has 160 valence electrons. The summed E-state index contributed by atoms with van der Waals surface area (Å²) in [6.45, 7) is 1.01. The van der Waals surface area contributed by atoms with Crippen molar-refractivity contribution in [3.63, 3.8) is 0 Å². The molecule has 2 N–H and O–H groups in total. The van der Waals surface area contributed by atoms with Crippen molar-refractivity contribution >= 4 is 38.7 Å². The monoisotopic (exact) mass is 431 g/mol. The maximum atomic E-state index is 12.8. The molecule has 0 aliphatic rings. The molecule has 0 unspecified atom stereocenters. The Hall–Kier alpha value is -4.45. The summed E-state index contributed by atoms with van der Waals surface area (Å²) in [5.41, 5.74) is 8.96. The van der Waals surface area contributed by atoms with Crippen LogP contribution >= 0.6 is 0 Å². The fraction of sp³-hybridized carbons (Fsp3) is 0.0741. The Balaban J connectivity index is 1.41. The van der Waals surface area contributed by atoms with Crippen molar-refractivity contribution in [2.45, 2.75) is 13.1 Å². The standard InChI is InChI=1S/C27H21N5O/c28-27-30-26(33)24-25(32(27)16-19-10-12-21-6-2-4-8-23(21)14-19)29-17-31(24)15-18-9-11-20-5-1-3-7-22(20)13-18/h1-14,17H,15-16H2,(H2,28,30,33). The molecular formula is C27H21N5O. The first-order chi connectivity index (χ1) is 16.2. The third kappa shape index (κ3) is 3.42. The zero-order chi connectivity index (χ0) is 22.4. The van der Waals surface area contributed by atoms with Crippen LogP contribution in [0.15, 0.2) is 96.1 Å². The quantitative estimate of drug-likeness (QED) is 0.443. The third-order valence-electron chi connectivity index (χ3n) is 6.09. The summed E-state index contributed by atoms with van der Waals surface area (Å²) in [4.78, 5) is 21.5. The van der Waals surface area contributed by atoms with Gasteiger partial charge in [-0.25, -0.2) is 4.98 Å². The number of benzene rings is 4. The van der Waals surface area contributed by atoms with Crippen LogP contribution in [0.3, 0.4) is 0 Å². The molecule has 0 saturated carbocycles. The first kappa shape index (κ1) is 19.3. The summed E-state index contributed by atoms with van der Waals surface area (Å²) in [5.74, 6) is 0.164. The molecule has 2 aromatic heterocycles. The number of hydrogen-bond donors (Lipinski definition) is 1. The van der Waals surface area contributed by atoms with Gasteiger partial charge in [0.2, 0.25) is 5.95 Å². The SMILES string of the molecule is Nc1nc(=O)c2c(ncn2Cc2ccc3ccccc3c2)n1Cc1ccc2ccccc2c1. The second-order valence-corrected chi connectivity index (χ2v) is 8.27. The van der Waals surface area contributed by atoms with Gasteiger partial charge in [0.05, 0.1) is 12.9 Å². The molecular weight excluding hydrogens is 410 g/mol. The number of rotatable bonds is 4. The average Bonchev–Trinajstić information content (AvgIpc) is 3.25. The molecule has 0 bridgehead atoms. The fourth-order valence-electron chi connectivity index (χ4n) is 4.44. The summed E-state index contributed by atoms with van der Waals surface area (Å²) in [5, 5.41) is 4.68. The van der Waals surface area contributed by atoms with Gasteiger partial charge in [-0.05, 0) is 44.8 Å². The van der Waals surface area contributed by atoms with Gasteiger partial charge in [-0.3, -0.25) is 9.36 Å². The smallest absolute Gasteiger partial charge is 0.300 e. The van der Waals surface area contributed by atoms with Gasteiger partial charge in [0.1, 0.15) is 0 Å². The summed E-state index contributed by atoms with van der Waals surface area (Å²) in [6, 6.07) is 29.0. The van der Waals surface area contributed by atoms with E-state index >= 15 is 0 Å². The second kappa shape index (κ2) is 7.60. The molecule has 0 radical (unpaired) electrons. The highest BCUT2D eigenvalue weighted by atomic mass is 16.1. The van der Waals surface area contributed by atoms with Crippen LogP contribution in [0.4, 0.5) is 5.95 Å². The lowest BCUT2D eigenvalue weighted by Gasteiger charge is -2.12. The molecule has 6 aromatic rings. The van der Waals surface area contributed by atoms with E-state index in [1.807, 2.05) is 28.8 Å². The van der Waals surface area contributed by atoms with Crippen molar-refractivity contribution in [2.24, 2.45) is 0 Å². The Morgan fingerprint density at radius 3 is 1.94 bits per heavy atom. The van der Waals surface area contributed by atoms with Crippen LogP contribution < -0.4 is 11.3 Å². The van der Waals surface area contributed by atoms with Gasteiger partial charge in [-0.2, -0.15) is 4.98 Å². The van der Waals surface area contributed by atoms with Crippen molar-refractivity contribution in [3.05, 3.63) is 113 Å². The maximum absolute atomic E-state index is 12.8. The number of hydrogen-bond acceptors (Lipinski definition) is 4. The topological polar surface area (TPSA) is 78.7 Å². The number of anilines is 1. The first-order valence-electron chi connectivity index (χ1n) is 10.8. The molecule has 33 heavy (non-hydrogen) atoms. The van der Waals surface area contributed by atoms with Crippen molar-refractivity contribution in [2.75, 3.05) is 5.73 Å². The zero-order valence-corrected chi connectivity index (χ0v) is 17.8. The summed E-state index contributed by atoms with van der Waals surface area (Å²) >= 11 is 0. The molecule has 6 heteroatoms. The van der Waals surface area contributed by atoms with Gasteiger partial charge in [0, 0.05) is 6.54 Å². The number of aromatic nitrogens is 4. The normalized spacial score (nSPS) is 11.5. The Morgan fingerprint density at radius 2 is 1.30 bits per heavy atom.